The van der Waals surface area contributed by atoms with Gasteiger partial charge < -0.3 is 15.0 Å². The van der Waals surface area contributed by atoms with Crippen molar-refractivity contribution in [3.63, 3.8) is 0 Å². The van der Waals surface area contributed by atoms with Gasteiger partial charge in [-0.2, -0.15) is 4.31 Å². The number of halogens is 1. The van der Waals surface area contributed by atoms with Crippen molar-refractivity contribution in [2.45, 2.75) is 62.9 Å². The first-order chi connectivity index (χ1) is 21.3. The van der Waals surface area contributed by atoms with Crippen molar-refractivity contribution in [2.24, 2.45) is 0 Å². The van der Waals surface area contributed by atoms with Gasteiger partial charge in [0.2, 0.25) is 21.8 Å². The molecule has 1 heterocycles. The summed E-state index contributed by atoms with van der Waals surface area (Å²) in [6.07, 6.45) is 3.36. The third-order valence-electron chi connectivity index (χ3n) is 7.76. The topological polar surface area (TPSA) is 96.0 Å². The number of benzene rings is 3. The number of carbonyl (C=O) groups is 2. The van der Waals surface area contributed by atoms with Crippen LogP contribution in [0.25, 0.3) is 0 Å². The van der Waals surface area contributed by atoms with E-state index >= 15 is 0 Å². The Morgan fingerprint density at radius 1 is 0.932 bits per heavy atom. The number of nitrogens with zero attached hydrogens (tertiary/aromatic N) is 2. The van der Waals surface area contributed by atoms with Crippen LogP contribution in [0.2, 0.25) is 5.02 Å². The molecular weight excluding hydrogens is 598 g/mol. The lowest BCUT2D eigenvalue weighted by Gasteiger charge is -2.32. The van der Waals surface area contributed by atoms with Gasteiger partial charge in [0, 0.05) is 57.3 Å². The zero-order chi connectivity index (χ0) is 31.4. The van der Waals surface area contributed by atoms with E-state index in [1.54, 1.807) is 41.3 Å². The minimum Gasteiger partial charge on any atom is -0.382 e. The maximum atomic E-state index is 13.9. The van der Waals surface area contributed by atoms with Gasteiger partial charge in [0.15, 0.2) is 0 Å². The van der Waals surface area contributed by atoms with E-state index in [9.17, 15) is 18.0 Å². The first-order valence-electron chi connectivity index (χ1n) is 15.3. The summed E-state index contributed by atoms with van der Waals surface area (Å²) in [7, 11) is -3.51. The molecule has 0 radical (unpaired) electrons. The predicted molar refractivity (Wildman–Crippen MR) is 173 cm³/mol. The monoisotopic (exact) mass is 639 g/mol. The van der Waals surface area contributed by atoms with Crippen molar-refractivity contribution < 1.29 is 22.7 Å². The number of carbonyl (C=O) groups excluding carboxylic acids is 2. The van der Waals surface area contributed by atoms with Gasteiger partial charge in [-0.1, -0.05) is 66.2 Å². The van der Waals surface area contributed by atoms with Crippen molar-refractivity contribution in [1.29, 1.82) is 0 Å². The summed E-state index contributed by atoms with van der Waals surface area (Å²) in [5.41, 5.74) is 2.66. The van der Waals surface area contributed by atoms with Gasteiger partial charge in [-0.3, -0.25) is 9.59 Å². The summed E-state index contributed by atoms with van der Waals surface area (Å²) in [4.78, 5) is 29.5. The van der Waals surface area contributed by atoms with Crippen LogP contribution in [0.15, 0.2) is 83.8 Å². The highest BCUT2D eigenvalue weighted by Crippen LogP contribution is 2.22. The molecule has 0 bridgehead atoms. The van der Waals surface area contributed by atoms with Crippen LogP contribution in [0.4, 0.5) is 0 Å². The number of ether oxygens (including phenoxy) is 1. The van der Waals surface area contributed by atoms with Crippen LogP contribution in [0, 0.1) is 0 Å². The number of nitrogens with one attached hydrogen (secondary N) is 1. The summed E-state index contributed by atoms with van der Waals surface area (Å²) < 4.78 is 32.8. The highest BCUT2D eigenvalue weighted by atomic mass is 35.5. The molecule has 0 spiro atoms. The molecule has 44 heavy (non-hydrogen) atoms. The molecule has 0 aliphatic carbocycles. The summed E-state index contributed by atoms with van der Waals surface area (Å²) in [6, 6.07) is 23.0. The second-order valence-electron chi connectivity index (χ2n) is 11.0. The number of aryl methyl sites for hydroxylation is 1. The zero-order valence-electron chi connectivity index (χ0n) is 25.3. The highest BCUT2D eigenvalue weighted by Gasteiger charge is 2.30. The Labute approximate surface area is 266 Å². The molecule has 0 unspecified atom stereocenters. The third-order valence-corrected chi connectivity index (χ3v) is 9.92. The maximum Gasteiger partial charge on any atom is 0.243 e. The van der Waals surface area contributed by atoms with Gasteiger partial charge in [0.1, 0.15) is 6.04 Å². The lowest BCUT2D eigenvalue weighted by atomic mass is 10.0. The normalized spacial score (nSPS) is 14.3. The summed E-state index contributed by atoms with van der Waals surface area (Å²) >= 11 is 6.12. The Hall–Kier alpha value is -3.24. The van der Waals surface area contributed by atoms with Crippen LogP contribution in [-0.4, -0.2) is 68.3 Å². The van der Waals surface area contributed by atoms with Crippen LogP contribution in [-0.2, 0) is 43.7 Å². The van der Waals surface area contributed by atoms with Crippen molar-refractivity contribution in [3.05, 3.63) is 101 Å². The molecule has 1 aliphatic heterocycles. The standard InChI is InChI=1S/C34H42ClN3O5S/c1-2-43-24-8-21-36-34(40)32(25-28-9-4-3-5-10-28)38(26-29-11-16-30(35)17-12-29)33(39)20-15-27-13-18-31(19-14-27)44(41,42)37-22-6-7-23-37/h3-5,9-14,16-19,32H,2,6-8,15,20-26H2,1H3,(H,36,40)/t32-/m1/s1. The smallest absolute Gasteiger partial charge is 0.243 e. The Morgan fingerprint density at radius 2 is 1.59 bits per heavy atom. The first kappa shape index (κ1) is 33.6. The quantitative estimate of drug-likeness (QED) is 0.216. The predicted octanol–water partition coefficient (Wildman–Crippen LogP) is 5.24. The van der Waals surface area contributed by atoms with Gasteiger partial charge >= 0.3 is 0 Å². The Kier molecular flexibility index (Phi) is 12.8. The number of sulfonamides is 1. The lowest BCUT2D eigenvalue weighted by Crippen LogP contribution is -2.50. The molecule has 236 valence electrons. The van der Waals surface area contributed by atoms with E-state index in [1.807, 2.05) is 49.4 Å². The number of hydrogen-bond acceptors (Lipinski definition) is 5. The number of rotatable bonds is 16. The summed E-state index contributed by atoms with van der Waals surface area (Å²) in [5.74, 6) is -0.386. The minimum atomic E-state index is -3.51. The Morgan fingerprint density at radius 3 is 2.25 bits per heavy atom. The molecule has 2 amide bonds. The molecule has 0 aromatic heterocycles. The fourth-order valence-electron chi connectivity index (χ4n) is 5.29. The van der Waals surface area contributed by atoms with E-state index in [-0.39, 0.29) is 29.7 Å². The first-order valence-corrected chi connectivity index (χ1v) is 17.1. The van der Waals surface area contributed by atoms with Crippen LogP contribution in [0.5, 0.6) is 0 Å². The largest absolute Gasteiger partial charge is 0.382 e. The van der Waals surface area contributed by atoms with Gasteiger partial charge in [-0.05, 0) is 73.6 Å². The van der Waals surface area contributed by atoms with E-state index in [1.165, 1.54) is 4.31 Å². The molecule has 1 atom stereocenters. The molecule has 0 saturated carbocycles. The third kappa shape index (κ3) is 9.63. The van der Waals surface area contributed by atoms with Crippen LogP contribution in [0.3, 0.4) is 0 Å². The summed E-state index contributed by atoms with van der Waals surface area (Å²) in [5, 5.41) is 3.61. The SMILES string of the molecule is CCOCCCNC(=O)[C@@H](Cc1ccccc1)N(Cc1ccc(Cl)cc1)C(=O)CCc1ccc(S(=O)(=O)N2CCCC2)cc1. The van der Waals surface area contributed by atoms with Crippen LogP contribution < -0.4 is 5.32 Å². The van der Waals surface area contributed by atoms with Crippen LogP contribution >= 0.6 is 11.6 Å². The number of hydrogen-bond donors (Lipinski definition) is 1. The van der Waals surface area contributed by atoms with Gasteiger partial charge in [0.25, 0.3) is 0 Å². The summed E-state index contributed by atoms with van der Waals surface area (Å²) in [6.45, 7) is 4.88. The molecule has 8 nitrogen and oxygen atoms in total. The average molecular weight is 640 g/mol. The Bertz CT molecular complexity index is 1440. The second kappa shape index (κ2) is 16.7. The van der Waals surface area contributed by atoms with E-state index < -0.39 is 16.1 Å². The Balaban J connectivity index is 1.52. The van der Waals surface area contributed by atoms with E-state index in [0.717, 1.165) is 29.5 Å². The minimum absolute atomic E-state index is 0.161. The molecule has 10 heteroatoms. The van der Waals surface area contributed by atoms with E-state index in [0.29, 0.717) is 57.1 Å². The highest BCUT2D eigenvalue weighted by molar-refractivity contribution is 7.89. The fraction of sp³-hybridized carbons (Fsp3) is 0.412. The molecule has 1 saturated heterocycles. The van der Waals surface area contributed by atoms with Gasteiger partial charge in [0.05, 0.1) is 4.90 Å². The molecule has 1 aliphatic rings. The molecule has 3 aromatic rings. The molecule has 4 rings (SSSR count). The molecule has 1 N–H and O–H groups in total. The molecular formula is C34H42ClN3O5S. The average Bonchev–Trinajstić information content (AvgIpc) is 3.59. The second-order valence-corrected chi connectivity index (χ2v) is 13.3. The molecule has 3 aromatic carbocycles. The van der Waals surface area contributed by atoms with Gasteiger partial charge in [-0.15, -0.1) is 0 Å². The molecule has 1 fully saturated rings. The van der Waals surface area contributed by atoms with E-state index in [4.69, 9.17) is 16.3 Å². The lowest BCUT2D eigenvalue weighted by molar-refractivity contribution is -0.141. The van der Waals surface area contributed by atoms with Crippen molar-refractivity contribution >= 4 is 33.4 Å². The van der Waals surface area contributed by atoms with Crippen LogP contribution in [0.1, 0.15) is 49.3 Å². The van der Waals surface area contributed by atoms with E-state index in [2.05, 4.69) is 5.32 Å². The number of amides is 2. The van der Waals surface area contributed by atoms with Crippen molar-refractivity contribution in [3.8, 4) is 0 Å². The van der Waals surface area contributed by atoms with Crippen molar-refractivity contribution in [1.82, 2.24) is 14.5 Å². The van der Waals surface area contributed by atoms with Crippen molar-refractivity contribution in [2.75, 3.05) is 32.8 Å². The zero-order valence-corrected chi connectivity index (χ0v) is 26.9. The van der Waals surface area contributed by atoms with Gasteiger partial charge in [-0.25, -0.2) is 8.42 Å². The fourth-order valence-corrected chi connectivity index (χ4v) is 6.93. The maximum absolute atomic E-state index is 13.9.